The summed E-state index contributed by atoms with van der Waals surface area (Å²) < 4.78 is 5.16. The molecule has 24 heavy (non-hydrogen) atoms. The van der Waals surface area contributed by atoms with Gasteiger partial charge in [-0.3, -0.25) is 4.79 Å². The number of aromatic nitrogens is 1. The van der Waals surface area contributed by atoms with Crippen molar-refractivity contribution in [3.8, 4) is 5.88 Å². The summed E-state index contributed by atoms with van der Waals surface area (Å²) in [6.07, 6.45) is 6.67. The number of carbonyl (C=O) groups excluding carboxylic acids is 1. The van der Waals surface area contributed by atoms with E-state index in [1.807, 2.05) is 24.3 Å². The Morgan fingerprint density at radius 2 is 2.12 bits per heavy atom. The zero-order valence-electron chi connectivity index (χ0n) is 14.2. The Labute approximate surface area is 142 Å². The Hall–Kier alpha value is -1.94. The molecule has 1 saturated carbocycles. The lowest BCUT2D eigenvalue weighted by Crippen LogP contribution is -2.39. The summed E-state index contributed by atoms with van der Waals surface area (Å²) in [5.74, 6) is 1.92. The molecule has 2 heterocycles. The van der Waals surface area contributed by atoms with Gasteiger partial charge in [0.1, 0.15) is 0 Å². The topological polar surface area (TPSA) is 42.4 Å². The Morgan fingerprint density at radius 1 is 1.25 bits per heavy atom. The largest absolute Gasteiger partial charge is 0.481 e. The van der Waals surface area contributed by atoms with Crippen LogP contribution in [0.5, 0.6) is 5.88 Å². The number of hydrogen-bond acceptors (Lipinski definition) is 4. The maximum Gasteiger partial charge on any atom is 0.213 e. The van der Waals surface area contributed by atoms with Crippen molar-refractivity contribution in [2.75, 3.05) is 26.7 Å². The second kappa shape index (κ2) is 6.52. The van der Waals surface area contributed by atoms with Crippen molar-refractivity contribution in [2.45, 2.75) is 25.7 Å². The van der Waals surface area contributed by atoms with Crippen molar-refractivity contribution in [3.63, 3.8) is 0 Å². The predicted octanol–water partition coefficient (Wildman–Crippen LogP) is 3.55. The highest BCUT2D eigenvalue weighted by atomic mass is 16.5. The average molecular weight is 324 g/mol. The van der Waals surface area contributed by atoms with Crippen molar-refractivity contribution >= 4 is 16.6 Å². The van der Waals surface area contributed by atoms with E-state index in [0.717, 1.165) is 48.2 Å². The molecule has 1 aromatic heterocycles. The molecule has 2 aliphatic rings. The first-order valence-electron chi connectivity index (χ1n) is 8.93. The minimum absolute atomic E-state index is 0.140. The monoisotopic (exact) mass is 324 g/mol. The predicted molar refractivity (Wildman–Crippen MR) is 94.5 cm³/mol. The van der Waals surface area contributed by atoms with Crippen molar-refractivity contribution in [2.24, 2.45) is 11.8 Å². The average Bonchev–Trinajstić information content (AvgIpc) is 3.44. The molecule has 0 radical (unpaired) electrons. The van der Waals surface area contributed by atoms with Gasteiger partial charge in [-0.1, -0.05) is 12.1 Å². The lowest BCUT2D eigenvalue weighted by atomic mass is 9.89. The number of carbonyl (C=O) groups is 1. The van der Waals surface area contributed by atoms with Crippen molar-refractivity contribution < 1.29 is 9.53 Å². The zero-order valence-corrected chi connectivity index (χ0v) is 14.2. The highest BCUT2D eigenvalue weighted by molar-refractivity contribution is 6.01. The molecule has 0 spiro atoms. The minimum atomic E-state index is 0.140. The molecule has 2 fully saturated rings. The van der Waals surface area contributed by atoms with Crippen LogP contribution in [0.2, 0.25) is 0 Å². The molecule has 1 saturated heterocycles. The van der Waals surface area contributed by atoms with E-state index in [-0.39, 0.29) is 11.7 Å². The highest BCUT2D eigenvalue weighted by Crippen LogP contribution is 2.32. The van der Waals surface area contributed by atoms with Crippen molar-refractivity contribution in [3.05, 3.63) is 36.0 Å². The second-order valence-corrected chi connectivity index (χ2v) is 7.19. The first-order chi connectivity index (χ1) is 11.7. The lowest BCUT2D eigenvalue weighted by molar-refractivity contribution is 0.0815. The van der Waals surface area contributed by atoms with Crippen LogP contribution in [0.15, 0.2) is 30.5 Å². The maximum atomic E-state index is 12.9. The SMILES string of the molecule is COc1cc2ccc(C(=O)C3CCCN(CC4CC4)C3)cc2cn1. The van der Waals surface area contributed by atoms with Crippen molar-refractivity contribution in [1.29, 1.82) is 0 Å². The number of piperidine rings is 1. The standard InChI is InChI=1S/C20H24N2O2/c1-24-19-10-15-6-7-16(9-18(15)11-21-19)20(23)17-3-2-8-22(13-17)12-14-4-5-14/h6-7,9-11,14,17H,2-5,8,12-13H2,1H3. The molecule has 0 N–H and O–H groups in total. The smallest absolute Gasteiger partial charge is 0.213 e. The van der Waals surface area contributed by atoms with E-state index in [9.17, 15) is 4.79 Å². The molecular formula is C20H24N2O2. The molecule has 2 aromatic rings. The van der Waals surface area contributed by atoms with Gasteiger partial charge in [0.25, 0.3) is 0 Å². The van der Waals surface area contributed by atoms with E-state index in [2.05, 4.69) is 9.88 Å². The van der Waals surface area contributed by atoms with E-state index < -0.39 is 0 Å². The minimum Gasteiger partial charge on any atom is -0.481 e. The molecule has 0 bridgehead atoms. The number of nitrogens with zero attached hydrogens (tertiary/aromatic N) is 2. The molecule has 4 rings (SSSR count). The zero-order chi connectivity index (χ0) is 16.5. The number of Topliss-reactive ketones (excluding diaryl/α,β-unsaturated/α-hetero) is 1. The fourth-order valence-corrected chi connectivity index (χ4v) is 3.72. The Bertz CT molecular complexity index is 754. The quantitative estimate of drug-likeness (QED) is 0.789. The summed E-state index contributed by atoms with van der Waals surface area (Å²) in [6.45, 7) is 3.27. The van der Waals surface area contributed by atoms with Crippen LogP contribution in [0.3, 0.4) is 0 Å². The van der Waals surface area contributed by atoms with Gasteiger partial charge in [0, 0.05) is 42.2 Å². The van der Waals surface area contributed by atoms with Crippen LogP contribution >= 0.6 is 0 Å². The van der Waals surface area contributed by atoms with Crippen molar-refractivity contribution in [1.82, 2.24) is 9.88 Å². The van der Waals surface area contributed by atoms with Gasteiger partial charge in [0.05, 0.1) is 7.11 Å². The van der Waals surface area contributed by atoms with E-state index in [1.54, 1.807) is 13.3 Å². The number of ether oxygens (including phenoxy) is 1. The summed E-state index contributed by atoms with van der Waals surface area (Å²) in [5.41, 5.74) is 0.813. The number of pyridine rings is 1. The molecule has 1 unspecified atom stereocenters. The van der Waals surface area contributed by atoms with Gasteiger partial charge in [-0.25, -0.2) is 4.98 Å². The molecule has 126 valence electrons. The second-order valence-electron chi connectivity index (χ2n) is 7.19. The third kappa shape index (κ3) is 3.29. The summed E-state index contributed by atoms with van der Waals surface area (Å²) in [4.78, 5) is 19.7. The van der Waals surface area contributed by atoms with E-state index in [4.69, 9.17) is 4.74 Å². The summed E-state index contributed by atoms with van der Waals surface area (Å²) >= 11 is 0. The number of rotatable bonds is 5. The fourth-order valence-electron chi connectivity index (χ4n) is 3.72. The normalized spacial score (nSPS) is 21.8. The van der Waals surface area contributed by atoms with E-state index >= 15 is 0 Å². The van der Waals surface area contributed by atoms with Crippen LogP contribution in [0.4, 0.5) is 0 Å². The summed E-state index contributed by atoms with van der Waals surface area (Å²) in [7, 11) is 1.61. The van der Waals surface area contributed by atoms with E-state index in [0.29, 0.717) is 5.88 Å². The molecule has 1 atom stereocenters. The number of likely N-dealkylation sites (tertiary alicyclic amines) is 1. The van der Waals surface area contributed by atoms with Crippen LogP contribution in [0, 0.1) is 11.8 Å². The fraction of sp³-hybridized carbons (Fsp3) is 0.500. The van der Waals surface area contributed by atoms with Gasteiger partial charge in [-0.2, -0.15) is 0 Å². The van der Waals surface area contributed by atoms with Gasteiger partial charge < -0.3 is 9.64 Å². The molecule has 1 aliphatic carbocycles. The van der Waals surface area contributed by atoms with Gasteiger partial charge in [-0.15, -0.1) is 0 Å². The Balaban J connectivity index is 1.51. The number of fused-ring (bicyclic) bond motifs is 1. The molecule has 1 aliphatic heterocycles. The van der Waals surface area contributed by atoms with Gasteiger partial charge in [-0.05, 0) is 49.6 Å². The van der Waals surface area contributed by atoms with Gasteiger partial charge in [0.2, 0.25) is 5.88 Å². The van der Waals surface area contributed by atoms with Crippen LogP contribution in [0.25, 0.3) is 10.8 Å². The number of benzene rings is 1. The lowest BCUT2D eigenvalue weighted by Gasteiger charge is -2.32. The highest BCUT2D eigenvalue weighted by Gasteiger charge is 2.30. The molecule has 4 heteroatoms. The maximum absolute atomic E-state index is 12.9. The third-order valence-electron chi connectivity index (χ3n) is 5.28. The van der Waals surface area contributed by atoms with E-state index in [1.165, 1.54) is 19.4 Å². The first-order valence-corrected chi connectivity index (χ1v) is 8.93. The molecule has 0 amide bonds. The van der Waals surface area contributed by atoms with Gasteiger partial charge >= 0.3 is 0 Å². The van der Waals surface area contributed by atoms with Crippen LogP contribution in [-0.4, -0.2) is 42.4 Å². The summed E-state index contributed by atoms with van der Waals surface area (Å²) in [5, 5.41) is 2.05. The summed E-state index contributed by atoms with van der Waals surface area (Å²) in [6, 6.07) is 7.83. The number of ketones is 1. The van der Waals surface area contributed by atoms with Crippen LogP contribution in [-0.2, 0) is 0 Å². The number of methoxy groups -OCH3 is 1. The third-order valence-corrected chi connectivity index (χ3v) is 5.28. The van der Waals surface area contributed by atoms with Crippen LogP contribution in [0.1, 0.15) is 36.0 Å². The molecular weight excluding hydrogens is 300 g/mol. The Kier molecular flexibility index (Phi) is 4.23. The molecule has 4 nitrogen and oxygen atoms in total. The Morgan fingerprint density at radius 3 is 2.92 bits per heavy atom. The first kappa shape index (κ1) is 15.6. The van der Waals surface area contributed by atoms with Crippen LogP contribution < -0.4 is 4.74 Å². The number of hydrogen-bond donors (Lipinski definition) is 0. The van der Waals surface area contributed by atoms with Gasteiger partial charge in [0.15, 0.2) is 5.78 Å². The molecule has 1 aromatic carbocycles.